The van der Waals surface area contributed by atoms with Gasteiger partial charge in [0.2, 0.25) is 0 Å². The third-order valence-electron chi connectivity index (χ3n) is 7.21. The summed E-state index contributed by atoms with van der Waals surface area (Å²) < 4.78 is 42.4. The van der Waals surface area contributed by atoms with Crippen molar-refractivity contribution in [3.05, 3.63) is 121 Å². The Morgan fingerprint density at radius 1 is 0.791 bits per heavy atom. The molecule has 9 heteroatoms. The summed E-state index contributed by atoms with van der Waals surface area (Å²) in [6, 6.07) is 27.1. The normalized spacial score (nSPS) is 11.4. The summed E-state index contributed by atoms with van der Waals surface area (Å²) in [7, 11) is 0. The highest BCUT2D eigenvalue weighted by Gasteiger charge is 2.29. The number of rotatable bonds is 7. The molecule has 0 atom stereocenters. The Kier molecular flexibility index (Phi) is 7.38. The predicted octanol–water partition coefficient (Wildman–Crippen LogP) is 9.48. The number of hydrogen-bond acceptors (Lipinski definition) is 4. The number of halogens is 3. The van der Waals surface area contributed by atoms with E-state index in [0.29, 0.717) is 11.5 Å². The third kappa shape index (κ3) is 5.83. The number of amides is 2. The van der Waals surface area contributed by atoms with Crippen LogP contribution in [0.4, 0.5) is 40.8 Å². The van der Waals surface area contributed by atoms with Crippen LogP contribution >= 0.6 is 0 Å². The van der Waals surface area contributed by atoms with Gasteiger partial charge in [-0.15, -0.1) is 0 Å². The van der Waals surface area contributed by atoms with Crippen molar-refractivity contribution in [2.75, 3.05) is 16.0 Å². The Morgan fingerprint density at radius 3 is 2.42 bits per heavy atom. The minimum absolute atomic E-state index is 0.325. The Hall–Kier alpha value is -5.44. The first-order chi connectivity index (χ1) is 20.8. The van der Waals surface area contributed by atoms with Gasteiger partial charge in [0.1, 0.15) is 11.6 Å². The molecule has 0 aliphatic rings. The van der Waals surface area contributed by atoms with Crippen molar-refractivity contribution in [2.45, 2.75) is 19.3 Å². The molecule has 214 valence electrons. The molecule has 0 spiro atoms. The van der Waals surface area contributed by atoms with Crippen LogP contribution in [0.15, 0.2) is 109 Å². The molecule has 2 heterocycles. The van der Waals surface area contributed by atoms with Crippen molar-refractivity contribution in [2.24, 2.45) is 0 Å². The number of urea groups is 1. The minimum Gasteiger partial charge on any atom is -0.340 e. The fraction of sp³-hybridized carbons (Fsp3) is 0.0882. The van der Waals surface area contributed by atoms with Crippen LogP contribution in [-0.2, 0) is 5.92 Å². The highest BCUT2D eigenvalue weighted by molar-refractivity contribution is 6.03. The molecule has 0 aliphatic carbocycles. The van der Waals surface area contributed by atoms with Crippen LogP contribution in [0.3, 0.4) is 0 Å². The van der Waals surface area contributed by atoms with Gasteiger partial charge in [-0.25, -0.2) is 22.9 Å². The van der Waals surface area contributed by atoms with E-state index in [4.69, 9.17) is 0 Å². The van der Waals surface area contributed by atoms with E-state index >= 15 is 0 Å². The van der Waals surface area contributed by atoms with Gasteiger partial charge in [0, 0.05) is 46.5 Å². The molecule has 0 unspecified atom stereocenters. The lowest BCUT2D eigenvalue weighted by molar-refractivity contribution is -0.00828. The van der Waals surface area contributed by atoms with Gasteiger partial charge in [-0.3, -0.25) is 4.98 Å². The number of benzene rings is 4. The molecule has 6 nitrogen and oxygen atoms in total. The van der Waals surface area contributed by atoms with Crippen LogP contribution in [-0.4, -0.2) is 16.0 Å². The molecule has 2 aromatic heterocycles. The Morgan fingerprint density at radius 2 is 1.60 bits per heavy atom. The number of carbonyl (C=O) groups excluding carboxylic acids is 1. The molecule has 0 aliphatic heterocycles. The monoisotopic (exact) mass is 577 g/mol. The van der Waals surface area contributed by atoms with Gasteiger partial charge < -0.3 is 16.0 Å². The molecule has 6 aromatic rings. The molecule has 4 aromatic carbocycles. The average molecular weight is 578 g/mol. The second kappa shape index (κ2) is 11.4. The first-order valence-electron chi connectivity index (χ1n) is 13.7. The number of fused-ring (bicyclic) bond motifs is 2. The van der Waals surface area contributed by atoms with Crippen molar-refractivity contribution >= 4 is 50.6 Å². The second-order valence-electron chi connectivity index (χ2n) is 10.0. The van der Waals surface area contributed by atoms with Crippen molar-refractivity contribution in [1.29, 1.82) is 0 Å². The molecule has 6 rings (SSSR count). The molecule has 43 heavy (non-hydrogen) atoms. The van der Waals surface area contributed by atoms with E-state index in [2.05, 4.69) is 25.9 Å². The fourth-order valence-electron chi connectivity index (χ4n) is 4.92. The van der Waals surface area contributed by atoms with Gasteiger partial charge in [-0.2, -0.15) is 0 Å². The summed E-state index contributed by atoms with van der Waals surface area (Å²) in [6.45, 7) is 1.34. The van der Waals surface area contributed by atoms with Crippen molar-refractivity contribution in [3.8, 4) is 11.1 Å². The van der Waals surface area contributed by atoms with Crippen LogP contribution in [0, 0.1) is 5.82 Å². The Labute approximate surface area is 245 Å². The van der Waals surface area contributed by atoms with Crippen LogP contribution < -0.4 is 16.0 Å². The predicted molar refractivity (Wildman–Crippen MR) is 165 cm³/mol. The Balaban J connectivity index is 1.20. The smallest absolute Gasteiger partial charge is 0.323 e. The molecule has 0 fully saturated rings. The quantitative estimate of drug-likeness (QED) is 0.177. The zero-order chi connectivity index (χ0) is 30.0. The average Bonchev–Trinajstić information content (AvgIpc) is 3.02. The molecule has 0 bridgehead atoms. The number of nitrogens with zero attached hydrogens (tertiary/aromatic N) is 2. The molecule has 0 radical (unpaired) electrons. The lowest BCUT2D eigenvalue weighted by atomic mass is 9.99. The van der Waals surface area contributed by atoms with Crippen molar-refractivity contribution in [1.82, 2.24) is 9.97 Å². The molecular formula is C34H26F3N5O. The summed E-state index contributed by atoms with van der Waals surface area (Å²) in [6.07, 6.45) is 3.08. The number of aromatic nitrogens is 2. The van der Waals surface area contributed by atoms with Crippen molar-refractivity contribution in [3.63, 3.8) is 0 Å². The fourth-order valence-corrected chi connectivity index (χ4v) is 4.92. The summed E-state index contributed by atoms with van der Waals surface area (Å²) in [5.41, 5.74) is 3.44. The summed E-state index contributed by atoms with van der Waals surface area (Å²) in [5, 5.41) is 11.3. The molecule has 0 saturated heterocycles. The minimum atomic E-state index is -3.13. The number of hydrogen-bond donors (Lipinski definition) is 3. The lowest BCUT2D eigenvalue weighted by Gasteiger charge is -2.16. The van der Waals surface area contributed by atoms with Gasteiger partial charge in [-0.05, 0) is 77.2 Å². The number of pyridine rings is 2. The van der Waals surface area contributed by atoms with Crippen molar-refractivity contribution < 1.29 is 18.0 Å². The van der Waals surface area contributed by atoms with Gasteiger partial charge in [-0.1, -0.05) is 43.3 Å². The van der Waals surface area contributed by atoms with E-state index in [1.54, 1.807) is 24.5 Å². The SMILES string of the molecule is CCC(F)(F)c1ccc(F)c(NC(=O)Nc2ccc(-c3cccc4c(Nc5ccc6ncccc6c5)nccc34)cc2)c1. The second-order valence-corrected chi connectivity index (χ2v) is 10.0. The van der Waals surface area contributed by atoms with E-state index in [1.807, 2.05) is 66.7 Å². The maximum absolute atomic E-state index is 14.2. The van der Waals surface area contributed by atoms with E-state index in [1.165, 1.54) is 6.92 Å². The number of carbonyl (C=O) groups is 1. The molecule has 2 amide bonds. The van der Waals surface area contributed by atoms with Gasteiger partial charge in [0.05, 0.1) is 11.2 Å². The first-order valence-corrected chi connectivity index (χ1v) is 13.7. The van der Waals surface area contributed by atoms with Crippen LogP contribution in [0.1, 0.15) is 18.9 Å². The topological polar surface area (TPSA) is 78.9 Å². The van der Waals surface area contributed by atoms with Crippen LogP contribution in [0.25, 0.3) is 32.8 Å². The standard InChI is InChI=1S/C34H26F3N5O/c1-2-34(36,37)23-10-14-29(35)31(20-23)42-33(43)41-24-11-8-21(9-12-24)26-6-3-7-28-27(26)16-18-39-32(28)40-25-13-15-30-22(19-25)5-4-17-38-30/h3-20H,2H2,1H3,(H,39,40)(H2,41,42,43). The van der Waals surface area contributed by atoms with E-state index in [0.717, 1.165) is 56.7 Å². The maximum Gasteiger partial charge on any atom is 0.323 e. The van der Waals surface area contributed by atoms with Crippen LogP contribution in [0.2, 0.25) is 0 Å². The van der Waals surface area contributed by atoms with E-state index < -0.39 is 24.2 Å². The largest absolute Gasteiger partial charge is 0.340 e. The number of nitrogens with one attached hydrogen (secondary N) is 3. The van der Waals surface area contributed by atoms with E-state index in [-0.39, 0.29) is 11.3 Å². The van der Waals surface area contributed by atoms with E-state index in [9.17, 15) is 18.0 Å². The summed E-state index contributed by atoms with van der Waals surface area (Å²) >= 11 is 0. The molecule has 3 N–H and O–H groups in total. The number of anilines is 4. The third-order valence-corrected chi connectivity index (χ3v) is 7.21. The summed E-state index contributed by atoms with van der Waals surface area (Å²) in [4.78, 5) is 21.5. The summed E-state index contributed by atoms with van der Waals surface area (Å²) in [5.74, 6) is -3.22. The maximum atomic E-state index is 14.2. The molecular weight excluding hydrogens is 551 g/mol. The highest BCUT2D eigenvalue weighted by Crippen LogP contribution is 2.35. The lowest BCUT2D eigenvalue weighted by Crippen LogP contribution is -2.21. The zero-order valence-corrected chi connectivity index (χ0v) is 23.0. The zero-order valence-electron chi connectivity index (χ0n) is 23.0. The highest BCUT2D eigenvalue weighted by atomic mass is 19.3. The van der Waals surface area contributed by atoms with Gasteiger partial charge in [0.25, 0.3) is 5.92 Å². The first kappa shape index (κ1) is 27.7. The van der Waals surface area contributed by atoms with Crippen LogP contribution in [0.5, 0.6) is 0 Å². The molecule has 0 saturated carbocycles. The number of alkyl halides is 2. The van der Waals surface area contributed by atoms with Gasteiger partial charge >= 0.3 is 6.03 Å². The Bertz CT molecular complexity index is 1960. The van der Waals surface area contributed by atoms with Gasteiger partial charge in [0.15, 0.2) is 0 Å².